The molecule has 4 heteroatoms. The quantitative estimate of drug-likeness (QED) is 0.638. The van der Waals surface area contributed by atoms with Gasteiger partial charge in [0.1, 0.15) is 0 Å². The van der Waals surface area contributed by atoms with Gasteiger partial charge in [0.2, 0.25) is 0 Å². The SMILES string of the molecule is CP(c1ccccc1)c1ccccc1B1OC(C)(C)C(C)(C)O1. The van der Waals surface area contributed by atoms with Gasteiger partial charge in [0.05, 0.1) is 11.2 Å². The van der Waals surface area contributed by atoms with Crippen LogP contribution in [0, 0.1) is 0 Å². The third-order valence-corrected chi connectivity index (χ3v) is 7.15. The fraction of sp³-hybridized carbons (Fsp3) is 0.368. The molecule has 1 fully saturated rings. The molecule has 2 aromatic carbocycles. The average molecular weight is 326 g/mol. The Balaban J connectivity index is 1.97. The van der Waals surface area contributed by atoms with E-state index < -0.39 is 7.92 Å². The van der Waals surface area contributed by atoms with Crippen LogP contribution in [-0.2, 0) is 9.31 Å². The fourth-order valence-corrected chi connectivity index (χ4v) is 4.53. The maximum atomic E-state index is 6.26. The zero-order chi connectivity index (χ0) is 16.7. The summed E-state index contributed by atoms with van der Waals surface area (Å²) >= 11 is 0. The Morgan fingerprint density at radius 1 is 0.783 bits per heavy atom. The lowest BCUT2D eigenvalue weighted by atomic mass is 9.79. The molecule has 3 rings (SSSR count). The van der Waals surface area contributed by atoms with Gasteiger partial charge >= 0.3 is 7.12 Å². The molecule has 0 spiro atoms. The van der Waals surface area contributed by atoms with Crippen LogP contribution < -0.4 is 16.1 Å². The molecule has 0 radical (unpaired) electrons. The number of benzene rings is 2. The molecule has 0 saturated carbocycles. The van der Waals surface area contributed by atoms with Crippen LogP contribution in [0.15, 0.2) is 54.6 Å². The van der Waals surface area contributed by atoms with Gasteiger partial charge in [0, 0.05) is 0 Å². The molecule has 1 aliphatic heterocycles. The van der Waals surface area contributed by atoms with E-state index in [2.05, 4.69) is 89.0 Å². The number of hydrogen-bond acceptors (Lipinski definition) is 2. The Labute approximate surface area is 141 Å². The van der Waals surface area contributed by atoms with Crippen LogP contribution in [0.5, 0.6) is 0 Å². The van der Waals surface area contributed by atoms with Crippen molar-refractivity contribution < 1.29 is 9.31 Å². The first kappa shape index (κ1) is 16.7. The van der Waals surface area contributed by atoms with Crippen molar-refractivity contribution in [3.8, 4) is 0 Å². The van der Waals surface area contributed by atoms with Gasteiger partial charge in [-0.3, -0.25) is 0 Å². The van der Waals surface area contributed by atoms with Crippen LogP contribution in [-0.4, -0.2) is 25.0 Å². The monoisotopic (exact) mass is 326 g/mol. The van der Waals surface area contributed by atoms with Crippen molar-refractivity contribution in [3.63, 3.8) is 0 Å². The highest BCUT2D eigenvalue weighted by molar-refractivity contribution is 7.72. The van der Waals surface area contributed by atoms with E-state index in [9.17, 15) is 0 Å². The van der Waals surface area contributed by atoms with Gasteiger partial charge in [-0.15, -0.1) is 0 Å². The fourth-order valence-electron chi connectivity index (χ4n) is 2.75. The maximum Gasteiger partial charge on any atom is 0.495 e. The Morgan fingerprint density at radius 3 is 1.91 bits per heavy atom. The van der Waals surface area contributed by atoms with E-state index in [0.717, 1.165) is 5.46 Å². The second kappa shape index (κ2) is 6.05. The summed E-state index contributed by atoms with van der Waals surface area (Å²) < 4.78 is 12.5. The van der Waals surface area contributed by atoms with Gasteiger partial charge in [0.25, 0.3) is 0 Å². The number of hydrogen-bond donors (Lipinski definition) is 0. The third kappa shape index (κ3) is 3.11. The predicted molar refractivity (Wildman–Crippen MR) is 101 cm³/mol. The Kier molecular flexibility index (Phi) is 4.40. The highest BCUT2D eigenvalue weighted by atomic mass is 31.1. The minimum Gasteiger partial charge on any atom is -0.399 e. The van der Waals surface area contributed by atoms with E-state index in [1.165, 1.54) is 10.6 Å². The van der Waals surface area contributed by atoms with Crippen LogP contribution >= 0.6 is 7.92 Å². The zero-order valence-electron chi connectivity index (χ0n) is 14.5. The Hall–Kier alpha value is -1.15. The molecule has 0 N–H and O–H groups in total. The van der Waals surface area contributed by atoms with Gasteiger partial charge < -0.3 is 9.31 Å². The van der Waals surface area contributed by atoms with Crippen molar-refractivity contribution in [1.29, 1.82) is 0 Å². The molecule has 23 heavy (non-hydrogen) atoms. The lowest BCUT2D eigenvalue weighted by Crippen LogP contribution is -2.43. The summed E-state index contributed by atoms with van der Waals surface area (Å²) in [7, 11) is -0.730. The molecule has 1 atom stereocenters. The van der Waals surface area contributed by atoms with Crippen molar-refractivity contribution >= 4 is 31.1 Å². The zero-order valence-corrected chi connectivity index (χ0v) is 15.4. The number of rotatable bonds is 3. The molecule has 2 nitrogen and oxygen atoms in total. The Morgan fingerprint density at radius 2 is 1.30 bits per heavy atom. The van der Waals surface area contributed by atoms with E-state index in [4.69, 9.17) is 9.31 Å². The first-order valence-corrected chi connectivity index (χ1v) is 9.84. The summed E-state index contributed by atoms with van der Waals surface area (Å²) in [6, 6.07) is 19.2. The van der Waals surface area contributed by atoms with Crippen LogP contribution in [0.2, 0.25) is 0 Å². The summed E-state index contributed by atoms with van der Waals surface area (Å²) in [6.07, 6.45) is 0. The molecule has 2 aromatic rings. The lowest BCUT2D eigenvalue weighted by Gasteiger charge is -2.32. The van der Waals surface area contributed by atoms with Crippen LogP contribution in [0.4, 0.5) is 0 Å². The standard InChI is InChI=1S/C19H24BO2P/c1-18(2)19(3,4)22-20(21-18)16-13-9-10-14-17(16)23(5)15-11-7-6-8-12-15/h6-14H,1-5H3. The topological polar surface area (TPSA) is 18.5 Å². The highest BCUT2D eigenvalue weighted by Gasteiger charge is 2.52. The smallest absolute Gasteiger partial charge is 0.399 e. The normalized spacial score (nSPS) is 20.5. The first-order chi connectivity index (χ1) is 10.8. The molecule has 0 bridgehead atoms. The molecule has 1 heterocycles. The summed E-state index contributed by atoms with van der Waals surface area (Å²) in [6.45, 7) is 10.7. The molecular formula is C19H24BO2P. The minimum absolute atomic E-state index is 0.301. The Bertz CT molecular complexity index is 669. The summed E-state index contributed by atoms with van der Waals surface area (Å²) in [5.74, 6) is 0. The molecular weight excluding hydrogens is 302 g/mol. The highest BCUT2D eigenvalue weighted by Crippen LogP contribution is 2.37. The second-order valence-electron chi connectivity index (χ2n) is 7.04. The van der Waals surface area contributed by atoms with Gasteiger partial charge in [0.15, 0.2) is 0 Å². The third-order valence-electron chi connectivity index (χ3n) is 4.95. The van der Waals surface area contributed by atoms with Gasteiger partial charge in [-0.25, -0.2) is 0 Å². The van der Waals surface area contributed by atoms with E-state index >= 15 is 0 Å². The lowest BCUT2D eigenvalue weighted by molar-refractivity contribution is 0.00578. The molecule has 1 aliphatic rings. The van der Waals surface area contributed by atoms with Gasteiger partial charge in [-0.05, 0) is 58.4 Å². The summed E-state index contributed by atoms with van der Waals surface area (Å²) in [4.78, 5) is 0. The van der Waals surface area contributed by atoms with Gasteiger partial charge in [-0.2, -0.15) is 0 Å². The molecule has 120 valence electrons. The minimum atomic E-state index is -0.429. The largest absolute Gasteiger partial charge is 0.495 e. The first-order valence-electron chi connectivity index (χ1n) is 8.05. The molecule has 0 aromatic heterocycles. The maximum absolute atomic E-state index is 6.26. The van der Waals surface area contributed by atoms with Crippen molar-refractivity contribution in [2.45, 2.75) is 38.9 Å². The average Bonchev–Trinajstić information content (AvgIpc) is 2.75. The van der Waals surface area contributed by atoms with E-state index in [-0.39, 0.29) is 18.3 Å². The van der Waals surface area contributed by atoms with E-state index in [1.807, 2.05) is 0 Å². The summed E-state index contributed by atoms with van der Waals surface area (Å²) in [5, 5.41) is 2.69. The van der Waals surface area contributed by atoms with Crippen LogP contribution in [0.1, 0.15) is 27.7 Å². The van der Waals surface area contributed by atoms with Crippen LogP contribution in [0.25, 0.3) is 0 Å². The molecule has 0 amide bonds. The van der Waals surface area contributed by atoms with Crippen molar-refractivity contribution in [2.24, 2.45) is 0 Å². The van der Waals surface area contributed by atoms with E-state index in [1.54, 1.807) is 0 Å². The second-order valence-corrected chi connectivity index (χ2v) is 9.16. The molecule has 1 unspecified atom stereocenters. The van der Waals surface area contributed by atoms with Gasteiger partial charge in [-0.1, -0.05) is 54.6 Å². The molecule has 1 saturated heterocycles. The van der Waals surface area contributed by atoms with Crippen molar-refractivity contribution in [3.05, 3.63) is 54.6 Å². The van der Waals surface area contributed by atoms with Crippen molar-refractivity contribution in [2.75, 3.05) is 6.66 Å². The summed E-state index contributed by atoms with van der Waals surface area (Å²) in [5.41, 5.74) is 0.533. The van der Waals surface area contributed by atoms with Crippen LogP contribution in [0.3, 0.4) is 0 Å². The molecule has 0 aliphatic carbocycles. The van der Waals surface area contributed by atoms with E-state index in [0.29, 0.717) is 0 Å². The predicted octanol–water partition coefficient (Wildman–Crippen LogP) is 3.05. The van der Waals surface area contributed by atoms with Crippen molar-refractivity contribution in [1.82, 2.24) is 0 Å².